The van der Waals surface area contributed by atoms with Crippen LogP contribution in [-0.2, 0) is 24.0 Å². The number of nitrogens with two attached hydrogens (primary N) is 1. The fourth-order valence-corrected chi connectivity index (χ4v) is 1.86. The molecule has 0 fully saturated rings. The Balaban J connectivity index is 4.62. The number of amides is 3. The summed E-state index contributed by atoms with van der Waals surface area (Å²) in [6.07, 6.45) is -0.738. The Morgan fingerprint density at radius 2 is 1.38 bits per heavy atom. The van der Waals surface area contributed by atoms with Crippen LogP contribution < -0.4 is 21.7 Å². The molecule has 0 radical (unpaired) electrons. The second kappa shape index (κ2) is 11.3. The molecule has 4 atom stereocenters. The predicted octanol–water partition coefficient (Wildman–Crippen LogP) is -2.31. The topological polar surface area (TPSA) is 188 Å². The van der Waals surface area contributed by atoms with E-state index in [4.69, 9.17) is 15.9 Å². The maximum absolute atomic E-state index is 12.0. The van der Waals surface area contributed by atoms with Crippen LogP contribution in [-0.4, -0.2) is 69.8 Å². The Morgan fingerprint density at radius 1 is 0.923 bits per heavy atom. The predicted molar refractivity (Wildman–Crippen MR) is 93.5 cm³/mol. The second-order valence-corrected chi connectivity index (χ2v) is 5.95. The highest BCUT2D eigenvalue weighted by Crippen LogP contribution is 1.99. The lowest BCUT2D eigenvalue weighted by molar-refractivity contribution is -0.143. The van der Waals surface area contributed by atoms with E-state index in [1.54, 1.807) is 0 Å². The summed E-state index contributed by atoms with van der Waals surface area (Å²) in [6, 6.07) is -4.37. The van der Waals surface area contributed by atoms with Gasteiger partial charge in [0.25, 0.3) is 0 Å². The summed E-state index contributed by atoms with van der Waals surface area (Å²) in [5, 5.41) is 24.4. The normalized spacial score (nSPS) is 15.1. The summed E-state index contributed by atoms with van der Waals surface area (Å²) in [5.74, 6) is -4.56. The number of carbonyl (C=O) groups excluding carboxylic acids is 3. The van der Waals surface area contributed by atoms with Gasteiger partial charge in [-0.1, -0.05) is 0 Å². The summed E-state index contributed by atoms with van der Waals surface area (Å²) in [6.45, 7) is 2.70. The molecule has 26 heavy (non-hydrogen) atoms. The number of carboxylic acid groups (broad SMARTS) is 2. The first-order chi connectivity index (χ1) is 12.0. The van der Waals surface area contributed by atoms with Gasteiger partial charge < -0.3 is 31.9 Å². The van der Waals surface area contributed by atoms with Crippen molar-refractivity contribution in [3.8, 4) is 0 Å². The fraction of sp³-hybridized carbons (Fsp3) is 0.643. The highest BCUT2D eigenvalue weighted by molar-refractivity contribution is 7.80. The molecule has 0 saturated heterocycles. The van der Waals surface area contributed by atoms with Gasteiger partial charge in [-0.25, -0.2) is 4.79 Å². The number of carbonyl (C=O) groups is 5. The number of rotatable bonds is 11. The van der Waals surface area contributed by atoms with Crippen LogP contribution in [0.25, 0.3) is 0 Å². The zero-order valence-electron chi connectivity index (χ0n) is 14.4. The molecule has 12 heteroatoms. The first-order valence-electron chi connectivity index (χ1n) is 7.71. The number of thiol groups is 1. The SMILES string of the molecule is CC(NC(=O)C(N)CS)C(=O)NC(C)C(=O)NC(CCC(=O)O)C(=O)O. The molecule has 0 aromatic carbocycles. The van der Waals surface area contributed by atoms with Gasteiger partial charge in [-0.05, 0) is 20.3 Å². The Kier molecular flexibility index (Phi) is 10.3. The van der Waals surface area contributed by atoms with Crippen LogP contribution in [0.15, 0.2) is 0 Å². The molecule has 0 aliphatic carbocycles. The number of aliphatic carboxylic acids is 2. The average molecular weight is 392 g/mol. The molecule has 11 nitrogen and oxygen atoms in total. The quantitative estimate of drug-likeness (QED) is 0.191. The molecule has 0 aliphatic heterocycles. The van der Waals surface area contributed by atoms with Crippen LogP contribution in [0.4, 0.5) is 0 Å². The molecular weight excluding hydrogens is 368 g/mol. The van der Waals surface area contributed by atoms with Crippen molar-refractivity contribution in [3.05, 3.63) is 0 Å². The van der Waals surface area contributed by atoms with Gasteiger partial charge in [0.05, 0.1) is 6.04 Å². The van der Waals surface area contributed by atoms with E-state index in [9.17, 15) is 24.0 Å². The molecule has 0 bridgehead atoms. The van der Waals surface area contributed by atoms with E-state index in [1.807, 2.05) is 0 Å². The molecule has 0 saturated carbocycles. The Labute approximate surface area is 155 Å². The van der Waals surface area contributed by atoms with E-state index < -0.39 is 60.2 Å². The van der Waals surface area contributed by atoms with Gasteiger partial charge in [-0.2, -0.15) is 12.6 Å². The smallest absolute Gasteiger partial charge is 0.326 e. The average Bonchev–Trinajstić information content (AvgIpc) is 2.56. The van der Waals surface area contributed by atoms with Crippen LogP contribution in [0.1, 0.15) is 26.7 Å². The van der Waals surface area contributed by atoms with Gasteiger partial charge in [-0.3, -0.25) is 19.2 Å². The molecule has 4 unspecified atom stereocenters. The van der Waals surface area contributed by atoms with E-state index >= 15 is 0 Å². The molecular formula is C14H24N4O7S. The first-order valence-corrected chi connectivity index (χ1v) is 8.35. The van der Waals surface area contributed by atoms with Gasteiger partial charge in [0, 0.05) is 12.2 Å². The minimum Gasteiger partial charge on any atom is -0.481 e. The van der Waals surface area contributed by atoms with Crippen LogP contribution in [0.5, 0.6) is 0 Å². The van der Waals surface area contributed by atoms with E-state index in [0.717, 1.165) is 0 Å². The maximum atomic E-state index is 12.0. The van der Waals surface area contributed by atoms with Gasteiger partial charge in [0.15, 0.2) is 0 Å². The van der Waals surface area contributed by atoms with Crippen molar-refractivity contribution in [2.24, 2.45) is 5.73 Å². The lowest BCUT2D eigenvalue weighted by Gasteiger charge is -2.21. The van der Waals surface area contributed by atoms with Crippen molar-refractivity contribution in [2.75, 3.05) is 5.75 Å². The van der Waals surface area contributed by atoms with Crippen molar-refractivity contribution in [1.82, 2.24) is 16.0 Å². The molecule has 0 aliphatic rings. The fourth-order valence-electron chi connectivity index (χ4n) is 1.69. The molecule has 0 heterocycles. The zero-order valence-corrected chi connectivity index (χ0v) is 15.3. The molecule has 7 N–H and O–H groups in total. The van der Waals surface area contributed by atoms with Crippen molar-refractivity contribution in [3.63, 3.8) is 0 Å². The Morgan fingerprint density at radius 3 is 1.81 bits per heavy atom. The summed E-state index contributed by atoms with van der Waals surface area (Å²) in [4.78, 5) is 57.1. The summed E-state index contributed by atoms with van der Waals surface area (Å²) < 4.78 is 0. The zero-order chi connectivity index (χ0) is 20.4. The third-order valence-corrected chi connectivity index (χ3v) is 3.69. The van der Waals surface area contributed by atoms with Gasteiger partial charge in [-0.15, -0.1) is 0 Å². The summed E-state index contributed by atoms with van der Waals surface area (Å²) >= 11 is 3.87. The van der Waals surface area contributed by atoms with Crippen LogP contribution in [0.3, 0.4) is 0 Å². The van der Waals surface area contributed by atoms with Gasteiger partial charge >= 0.3 is 11.9 Å². The van der Waals surface area contributed by atoms with E-state index in [1.165, 1.54) is 13.8 Å². The Bertz CT molecular complexity index is 557. The first kappa shape index (κ1) is 23.7. The Hall–Kier alpha value is -2.34. The van der Waals surface area contributed by atoms with Gasteiger partial charge in [0.1, 0.15) is 18.1 Å². The maximum Gasteiger partial charge on any atom is 0.326 e. The standard InChI is InChI=1S/C14H24N4O7S/c1-6(17-13(23)8(15)5-26)11(21)16-7(2)12(22)18-9(14(24)25)3-4-10(19)20/h6-9,26H,3-5,15H2,1-2H3,(H,16,21)(H,17,23)(H,18,22)(H,19,20)(H,24,25). The minimum atomic E-state index is -1.40. The highest BCUT2D eigenvalue weighted by Gasteiger charge is 2.26. The minimum absolute atomic E-state index is 0.0892. The second-order valence-electron chi connectivity index (χ2n) is 5.58. The molecule has 0 spiro atoms. The highest BCUT2D eigenvalue weighted by atomic mass is 32.1. The monoisotopic (exact) mass is 392 g/mol. The van der Waals surface area contributed by atoms with Crippen LogP contribution >= 0.6 is 12.6 Å². The van der Waals surface area contributed by atoms with Crippen molar-refractivity contribution >= 4 is 42.3 Å². The number of hydrogen-bond donors (Lipinski definition) is 7. The van der Waals surface area contributed by atoms with Crippen LogP contribution in [0.2, 0.25) is 0 Å². The van der Waals surface area contributed by atoms with E-state index in [-0.39, 0.29) is 12.2 Å². The number of hydrogen-bond acceptors (Lipinski definition) is 7. The summed E-state index contributed by atoms with van der Waals surface area (Å²) in [7, 11) is 0. The van der Waals surface area contributed by atoms with Crippen molar-refractivity contribution < 1.29 is 34.2 Å². The lowest BCUT2D eigenvalue weighted by atomic mass is 10.1. The molecule has 0 rings (SSSR count). The van der Waals surface area contributed by atoms with E-state index in [0.29, 0.717) is 0 Å². The van der Waals surface area contributed by atoms with Crippen molar-refractivity contribution in [2.45, 2.75) is 50.9 Å². The van der Waals surface area contributed by atoms with Crippen molar-refractivity contribution in [1.29, 1.82) is 0 Å². The third-order valence-electron chi connectivity index (χ3n) is 3.30. The summed E-state index contributed by atoms with van der Waals surface area (Å²) in [5.41, 5.74) is 5.47. The van der Waals surface area contributed by atoms with E-state index in [2.05, 4.69) is 28.6 Å². The number of carboxylic acids is 2. The number of nitrogens with one attached hydrogen (secondary N) is 3. The third kappa shape index (κ3) is 8.67. The lowest BCUT2D eigenvalue weighted by Crippen LogP contribution is -2.55. The largest absolute Gasteiger partial charge is 0.481 e. The molecule has 148 valence electrons. The molecule has 0 aromatic rings. The van der Waals surface area contributed by atoms with Crippen LogP contribution in [0, 0.1) is 0 Å². The molecule has 0 aromatic heterocycles. The van der Waals surface area contributed by atoms with Gasteiger partial charge in [0.2, 0.25) is 17.7 Å². The molecule has 3 amide bonds.